The van der Waals surface area contributed by atoms with Crippen molar-refractivity contribution in [2.75, 3.05) is 7.11 Å². The number of hydrogen-bond acceptors (Lipinski definition) is 3. The van der Waals surface area contributed by atoms with Gasteiger partial charge in [-0.05, 0) is 30.9 Å². The molecule has 2 rings (SSSR count). The Kier molecular flexibility index (Phi) is 3.12. The Morgan fingerprint density at radius 2 is 2.27 bits per heavy atom. The molecule has 84 valence electrons. The fraction of sp³-hybridized carbons (Fsp3) is 0.667. The third-order valence-electron chi connectivity index (χ3n) is 3.57. The highest BCUT2D eigenvalue weighted by atomic mass is 16.5. The Balaban J connectivity index is 2.02. The fourth-order valence-electron chi connectivity index (χ4n) is 2.55. The molecule has 0 radical (unpaired) electrons. The van der Waals surface area contributed by atoms with E-state index >= 15 is 0 Å². The fourth-order valence-corrected chi connectivity index (χ4v) is 2.55. The normalized spacial score (nSPS) is 21.7. The average Bonchev–Trinajstić information content (AvgIpc) is 2.87. The first-order valence-corrected chi connectivity index (χ1v) is 5.59. The van der Waals surface area contributed by atoms with Gasteiger partial charge in [-0.2, -0.15) is 0 Å². The van der Waals surface area contributed by atoms with E-state index in [0.29, 0.717) is 0 Å². The van der Waals surface area contributed by atoms with Crippen LogP contribution in [0.1, 0.15) is 31.2 Å². The second-order valence-electron chi connectivity index (χ2n) is 4.42. The second kappa shape index (κ2) is 4.37. The zero-order chi connectivity index (χ0) is 10.7. The molecule has 0 amide bonds. The highest BCUT2D eigenvalue weighted by Crippen LogP contribution is 2.35. The van der Waals surface area contributed by atoms with Crippen molar-refractivity contribution in [3.05, 3.63) is 24.2 Å². The molecule has 0 bridgehead atoms. The highest BCUT2D eigenvalue weighted by Gasteiger charge is 2.39. The van der Waals surface area contributed by atoms with Crippen LogP contribution in [0.5, 0.6) is 0 Å². The van der Waals surface area contributed by atoms with Gasteiger partial charge in [0.15, 0.2) is 0 Å². The summed E-state index contributed by atoms with van der Waals surface area (Å²) >= 11 is 0. The standard InChI is InChI=1S/C12H19NO2/c1-14-12(5-2-3-6-12)11(13)8-10-4-7-15-9-10/h4,7,9,11H,2-3,5-6,8,13H2,1H3. The maximum atomic E-state index is 6.25. The number of hydrogen-bond donors (Lipinski definition) is 1. The van der Waals surface area contributed by atoms with Gasteiger partial charge in [0.1, 0.15) is 0 Å². The predicted octanol–water partition coefficient (Wildman–Crippen LogP) is 2.11. The van der Waals surface area contributed by atoms with Crippen LogP contribution >= 0.6 is 0 Å². The Bertz CT molecular complexity index is 289. The molecule has 15 heavy (non-hydrogen) atoms. The minimum Gasteiger partial charge on any atom is -0.472 e. The number of methoxy groups -OCH3 is 1. The molecule has 1 heterocycles. The van der Waals surface area contributed by atoms with E-state index in [1.165, 1.54) is 12.8 Å². The molecular weight excluding hydrogens is 190 g/mol. The molecule has 1 unspecified atom stereocenters. The quantitative estimate of drug-likeness (QED) is 0.826. The minimum atomic E-state index is -0.0999. The smallest absolute Gasteiger partial charge is 0.0935 e. The number of furan rings is 1. The van der Waals surface area contributed by atoms with Gasteiger partial charge in [-0.25, -0.2) is 0 Å². The van der Waals surface area contributed by atoms with Crippen molar-refractivity contribution < 1.29 is 9.15 Å². The van der Waals surface area contributed by atoms with Crippen LogP contribution in [0.4, 0.5) is 0 Å². The van der Waals surface area contributed by atoms with Gasteiger partial charge in [0.05, 0.1) is 18.1 Å². The molecule has 1 saturated carbocycles. The summed E-state index contributed by atoms with van der Waals surface area (Å²) in [6.07, 6.45) is 8.92. The van der Waals surface area contributed by atoms with E-state index in [1.807, 2.05) is 6.07 Å². The SMILES string of the molecule is COC1(C(N)Cc2ccoc2)CCCC1. The molecule has 1 aromatic heterocycles. The lowest BCUT2D eigenvalue weighted by Gasteiger charge is -2.33. The van der Waals surface area contributed by atoms with E-state index in [1.54, 1.807) is 19.6 Å². The summed E-state index contributed by atoms with van der Waals surface area (Å²) in [5.41, 5.74) is 7.31. The molecule has 1 atom stereocenters. The molecule has 0 aliphatic heterocycles. The zero-order valence-corrected chi connectivity index (χ0v) is 9.24. The van der Waals surface area contributed by atoms with Crippen molar-refractivity contribution in [1.82, 2.24) is 0 Å². The second-order valence-corrected chi connectivity index (χ2v) is 4.42. The summed E-state index contributed by atoms with van der Waals surface area (Å²) in [4.78, 5) is 0. The summed E-state index contributed by atoms with van der Waals surface area (Å²) in [6, 6.07) is 2.04. The van der Waals surface area contributed by atoms with Crippen LogP contribution < -0.4 is 5.73 Å². The lowest BCUT2D eigenvalue weighted by atomic mass is 9.89. The zero-order valence-electron chi connectivity index (χ0n) is 9.24. The largest absolute Gasteiger partial charge is 0.472 e. The van der Waals surface area contributed by atoms with Crippen LogP contribution in [-0.2, 0) is 11.2 Å². The van der Waals surface area contributed by atoms with Gasteiger partial charge in [-0.3, -0.25) is 0 Å². The summed E-state index contributed by atoms with van der Waals surface area (Å²) in [6.45, 7) is 0. The molecule has 0 saturated heterocycles. The minimum absolute atomic E-state index is 0.0719. The van der Waals surface area contributed by atoms with Crippen molar-refractivity contribution in [2.45, 2.75) is 43.7 Å². The first kappa shape index (κ1) is 10.7. The van der Waals surface area contributed by atoms with Gasteiger partial charge in [0, 0.05) is 13.2 Å². The third-order valence-corrected chi connectivity index (χ3v) is 3.57. The van der Waals surface area contributed by atoms with E-state index in [-0.39, 0.29) is 11.6 Å². The molecule has 1 fully saturated rings. The van der Waals surface area contributed by atoms with Gasteiger partial charge < -0.3 is 14.9 Å². The molecule has 2 N–H and O–H groups in total. The summed E-state index contributed by atoms with van der Waals surface area (Å²) in [5.74, 6) is 0. The van der Waals surface area contributed by atoms with Crippen LogP contribution in [0.3, 0.4) is 0 Å². The molecule has 0 spiro atoms. The first-order valence-electron chi connectivity index (χ1n) is 5.59. The van der Waals surface area contributed by atoms with Crippen LogP contribution in [-0.4, -0.2) is 18.8 Å². The van der Waals surface area contributed by atoms with Gasteiger partial charge in [0.25, 0.3) is 0 Å². The van der Waals surface area contributed by atoms with Crippen LogP contribution in [0.2, 0.25) is 0 Å². The number of nitrogens with two attached hydrogens (primary N) is 1. The molecule has 1 aromatic rings. The molecule has 3 heteroatoms. The summed E-state index contributed by atoms with van der Waals surface area (Å²) in [5, 5.41) is 0. The Hall–Kier alpha value is -0.800. The molecule has 1 aliphatic carbocycles. The van der Waals surface area contributed by atoms with E-state index in [4.69, 9.17) is 14.9 Å². The monoisotopic (exact) mass is 209 g/mol. The van der Waals surface area contributed by atoms with E-state index in [2.05, 4.69) is 0 Å². The third kappa shape index (κ3) is 2.08. The average molecular weight is 209 g/mol. The Morgan fingerprint density at radius 1 is 1.53 bits per heavy atom. The van der Waals surface area contributed by atoms with Crippen molar-refractivity contribution in [1.29, 1.82) is 0 Å². The van der Waals surface area contributed by atoms with E-state index in [9.17, 15) is 0 Å². The van der Waals surface area contributed by atoms with Crippen molar-refractivity contribution in [3.63, 3.8) is 0 Å². The lowest BCUT2D eigenvalue weighted by molar-refractivity contribution is -0.0253. The maximum absolute atomic E-state index is 6.25. The molecular formula is C12H19NO2. The lowest BCUT2D eigenvalue weighted by Crippen LogP contribution is -2.48. The van der Waals surface area contributed by atoms with E-state index in [0.717, 1.165) is 24.8 Å². The molecule has 0 aromatic carbocycles. The van der Waals surface area contributed by atoms with Crippen LogP contribution in [0.15, 0.2) is 23.0 Å². The Morgan fingerprint density at radius 3 is 2.80 bits per heavy atom. The van der Waals surface area contributed by atoms with Crippen molar-refractivity contribution >= 4 is 0 Å². The molecule has 1 aliphatic rings. The van der Waals surface area contributed by atoms with Gasteiger partial charge in [-0.15, -0.1) is 0 Å². The maximum Gasteiger partial charge on any atom is 0.0935 e. The van der Waals surface area contributed by atoms with Gasteiger partial charge in [0.2, 0.25) is 0 Å². The summed E-state index contributed by atoms with van der Waals surface area (Å²) < 4.78 is 10.7. The van der Waals surface area contributed by atoms with Crippen LogP contribution in [0, 0.1) is 0 Å². The van der Waals surface area contributed by atoms with E-state index < -0.39 is 0 Å². The predicted molar refractivity (Wildman–Crippen MR) is 58.6 cm³/mol. The number of ether oxygens (including phenoxy) is 1. The van der Waals surface area contributed by atoms with Crippen molar-refractivity contribution in [2.24, 2.45) is 5.73 Å². The first-order chi connectivity index (χ1) is 7.27. The molecule has 3 nitrogen and oxygen atoms in total. The van der Waals surface area contributed by atoms with Gasteiger partial charge in [-0.1, -0.05) is 12.8 Å². The number of rotatable bonds is 4. The van der Waals surface area contributed by atoms with Crippen molar-refractivity contribution in [3.8, 4) is 0 Å². The summed E-state index contributed by atoms with van der Waals surface area (Å²) in [7, 11) is 1.78. The Labute approximate surface area is 90.6 Å². The topological polar surface area (TPSA) is 48.4 Å². The van der Waals surface area contributed by atoms with Gasteiger partial charge >= 0.3 is 0 Å². The van der Waals surface area contributed by atoms with Crippen LogP contribution in [0.25, 0.3) is 0 Å². The highest BCUT2D eigenvalue weighted by molar-refractivity contribution is 5.10.